The van der Waals surface area contributed by atoms with Crippen molar-refractivity contribution in [1.82, 2.24) is 4.72 Å². The third-order valence-corrected chi connectivity index (χ3v) is 3.70. The normalized spacial score (nSPS) is 11.2. The van der Waals surface area contributed by atoms with Gasteiger partial charge in [-0.3, -0.25) is 4.79 Å². The summed E-state index contributed by atoms with van der Waals surface area (Å²) < 4.78 is 30.5. The first-order valence-electron chi connectivity index (χ1n) is 5.16. The van der Waals surface area contributed by atoms with E-state index in [4.69, 9.17) is 4.42 Å². The van der Waals surface area contributed by atoms with Crippen LogP contribution in [0.5, 0.6) is 0 Å². The summed E-state index contributed by atoms with van der Waals surface area (Å²) in [5, 5.41) is 0. The molecule has 0 fully saturated rings. The van der Waals surface area contributed by atoms with E-state index in [1.807, 2.05) is 4.72 Å². The van der Waals surface area contributed by atoms with E-state index >= 15 is 0 Å². The molecule has 0 aliphatic heterocycles. The van der Waals surface area contributed by atoms with Crippen LogP contribution in [0.2, 0.25) is 0 Å². The Bertz CT molecular complexity index is 642. The van der Waals surface area contributed by atoms with Gasteiger partial charge in [0.25, 0.3) is 10.0 Å². The highest BCUT2D eigenvalue weighted by Gasteiger charge is 2.15. The van der Waals surface area contributed by atoms with Crippen molar-refractivity contribution in [2.75, 3.05) is 0 Å². The molecule has 18 heavy (non-hydrogen) atoms. The van der Waals surface area contributed by atoms with E-state index in [0.717, 1.165) is 12.5 Å². The Kier molecular flexibility index (Phi) is 3.20. The monoisotopic (exact) mass is 265 g/mol. The van der Waals surface area contributed by atoms with Gasteiger partial charge < -0.3 is 4.42 Å². The predicted octanol–water partition coefficient (Wildman–Crippen LogP) is 1.77. The molecular weight excluding hydrogens is 254 g/mol. The maximum Gasteiger partial charge on any atom is 0.264 e. The van der Waals surface area contributed by atoms with Crippen LogP contribution in [-0.2, 0) is 14.8 Å². The lowest BCUT2D eigenvalue weighted by Gasteiger charge is -2.05. The highest BCUT2D eigenvalue weighted by atomic mass is 32.2. The molecule has 0 saturated heterocycles. The number of amides is 1. The molecule has 0 radical (unpaired) electrons. The van der Waals surface area contributed by atoms with Gasteiger partial charge in [0.2, 0.25) is 5.91 Å². The van der Waals surface area contributed by atoms with Crippen LogP contribution in [0.15, 0.2) is 52.0 Å². The van der Waals surface area contributed by atoms with Gasteiger partial charge in [0.15, 0.2) is 0 Å². The van der Waals surface area contributed by atoms with Crippen molar-refractivity contribution in [1.29, 1.82) is 0 Å². The molecule has 1 amide bonds. The largest absolute Gasteiger partial charge is 0.464 e. The molecule has 94 valence electrons. The molecule has 0 aliphatic rings. The minimum atomic E-state index is -3.78. The van der Waals surface area contributed by atoms with Gasteiger partial charge >= 0.3 is 0 Å². The number of carbonyl (C=O) groups is 1. The topological polar surface area (TPSA) is 76.4 Å². The Balaban J connectivity index is 2.31. The number of hydrogen-bond donors (Lipinski definition) is 1. The zero-order chi connectivity index (χ0) is 13.2. The maximum atomic E-state index is 11.7. The highest BCUT2D eigenvalue weighted by Crippen LogP contribution is 2.21. The third-order valence-electron chi connectivity index (χ3n) is 2.25. The number of benzene rings is 1. The molecule has 1 heterocycles. The van der Waals surface area contributed by atoms with Gasteiger partial charge in [-0.25, -0.2) is 13.1 Å². The van der Waals surface area contributed by atoms with Crippen LogP contribution in [0.4, 0.5) is 0 Å². The first-order valence-corrected chi connectivity index (χ1v) is 6.65. The van der Waals surface area contributed by atoms with Gasteiger partial charge in [-0.05, 0) is 36.4 Å². The summed E-state index contributed by atoms with van der Waals surface area (Å²) in [6.45, 7) is 1.15. The Morgan fingerprint density at radius 1 is 1.17 bits per heavy atom. The summed E-state index contributed by atoms with van der Waals surface area (Å²) in [6, 6.07) is 9.60. The van der Waals surface area contributed by atoms with E-state index in [2.05, 4.69) is 0 Å². The number of hydrogen-bond acceptors (Lipinski definition) is 4. The smallest absolute Gasteiger partial charge is 0.264 e. The fourth-order valence-corrected chi connectivity index (χ4v) is 2.48. The van der Waals surface area contributed by atoms with Crippen LogP contribution < -0.4 is 4.72 Å². The maximum absolute atomic E-state index is 11.7. The molecule has 0 saturated carbocycles. The van der Waals surface area contributed by atoms with E-state index in [1.165, 1.54) is 18.4 Å². The fourth-order valence-electron chi connectivity index (χ4n) is 1.49. The van der Waals surface area contributed by atoms with E-state index in [0.29, 0.717) is 5.76 Å². The summed E-state index contributed by atoms with van der Waals surface area (Å²) >= 11 is 0. The molecule has 0 unspecified atom stereocenters. The molecule has 0 bridgehead atoms. The summed E-state index contributed by atoms with van der Waals surface area (Å²) in [6.07, 6.45) is 1.54. The van der Waals surface area contributed by atoms with Crippen molar-refractivity contribution in [3.05, 3.63) is 42.7 Å². The Hall–Kier alpha value is -2.08. The number of furan rings is 1. The quantitative estimate of drug-likeness (QED) is 0.917. The van der Waals surface area contributed by atoms with Gasteiger partial charge in [-0.1, -0.05) is 0 Å². The van der Waals surface area contributed by atoms with E-state index in [-0.39, 0.29) is 4.90 Å². The number of rotatable bonds is 3. The molecule has 0 aliphatic carbocycles. The molecule has 0 spiro atoms. The second-order valence-electron chi connectivity index (χ2n) is 3.66. The SMILES string of the molecule is CC(=O)NS(=O)(=O)c1ccc(-c2ccco2)cc1. The van der Waals surface area contributed by atoms with E-state index in [9.17, 15) is 13.2 Å². The number of sulfonamides is 1. The third kappa shape index (κ3) is 2.60. The number of carbonyl (C=O) groups excluding carboxylic acids is 1. The first-order chi connectivity index (χ1) is 8.49. The van der Waals surface area contributed by atoms with Crippen LogP contribution in [0, 0.1) is 0 Å². The lowest BCUT2D eigenvalue weighted by Crippen LogP contribution is -2.28. The van der Waals surface area contributed by atoms with Crippen molar-refractivity contribution in [3.8, 4) is 11.3 Å². The van der Waals surface area contributed by atoms with Crippen LogP contribution in [-0.4, -0.2) is 14.3 Å². The molecule has 2 aromatic rings. The molecular formula is C12H11NO4S. The average molecular weight is 265 g/mol. The summed E-state index contributed by atoms with van der Waals surface area (Å²) in [5.74, 6) is 0.0311. The second-order valence-corrected chi connectivity index (χ2v) is 5.35. The predicted molar refractivity (Wildman–Crippen MR) is 65.1 cm³/mol. The second kappa shape index (κ2) is 4.66. The number of nitrogens with one attached hydrogen (secondary N) is 1. The van der Waals surface area contributed by atoms with Crippen LogP contribution in [0.1, 0.15) is 6.92 Å². The molecule has 1 aromatic carbocycles. The van der Waals surface area contributed by atoms with E-state index in [1.54, 1.807) is 24.3 Å². The highest BCUT2D eigenvalue weighted by molar-refractivity contribution is 7.90. The lowest BCUT2D eigenvalue weighted by atomic mass is 10.2. The standard InChI is InChI=1S/C12H11NO4S/c1-9(14)13-18(15,16)11-6-4-10(5-7-11)12-3-2-8-17-12/h2-8H,1H3,(H,13,14). The zero-order valence-corrected chi connectivity index (χ0v) is 10.4. The Labute approximate surface area is 104 Å². The average Bonchev–Trinajstić information content (AvgIpc) is 2.81. The van der Waals surface area contributed by atoms with Crippen LogP contribution in [0.3, 0.4) is 0 Å². The van der Waals surface area contributed by atoms with Crippen molar-refractivity contribution < 1.29 is 17.6 Å². The molecule has 1 N–H and O–H groups in total. The molecule has 5 nitrogen and oxygen atoms in total. The van der Waals surface area contributed by atoms with Crippen molar-refractivity contribution in [2.45, 2.75) is 11.8 Å². The van der Waals surface area contributed by atoms with Gasteiger partial charge in [0.05, 0.1) is 11.2 Å². The van der Waals surface area contributed by atoms with Gasteiger partial charge in [-0.2, -0.15) is 0 Å². The molecule has 0 atom stereocenters. The molecule has 2 rings (SSSR count). The van der Waals surface area contributed by atoms with Crippen molar-refractivity contribution >= 4 is 15.9 Å². The Morgan fingerprint density at radius 2 is 1.83 bits per heavy atom. The van der Waals surface area contributed by atoms with Crippen molar-refractivity contribution in [3.63, 3.8) is 0 Å². The first kappa shape index (κ1) is 12.4. The summed E-state index contributed by atoms with van der Waals surface area (Å²) in [5.41, 5.74) is 0.766. The van der Waals surface area contributed by atoms with Crippen molar-refractivity contribution in [2.24, 2.45) is 0 Å². The van der Waals surface area contributed by atoms with Gasteiger partial charge in [-0.15, -0.1) is 0 Å². The minimum absolute atomic E-state index is 0.0352. The molecule has 1 aromatic heterocycles. The van der Waals surface area contributed by atoms with E-state index < -0.39 is 15.9 Å². The van der Waals surface area contributed by atoms with Crippen LogP contribution in [0.25, 0.3) is 11.3 Å². The summed E-state index contributed by atoms with van der Waals surface area (Å²) in [4.78, 5) is 10.8. The van der Waals surface area contributed by atoms with Crippen LogP contribution >= 0.6 is 0 Å². The fraction of sp³-hybridized carbons (Fsp3) is 0.0833. The lowest BCUT2D eigenvalue weighted by molar-refractivity contribution is -0.117. The zero-order valence-electron chi connectivity index (χ0n) is 9.58. The Morgan fingerprint density at radius 3 is 2.33 bits per heavy atom. The summed E-state index contributed by atoms with van der Waals surface area (Å²) in [7, 11) is -3.78. The minimum Gasteiger partial charge on any atom is -0.464 e. The molecule has 6 heteroatoms. The van der Waals surface area contributed by atoms with Gasteiger partial charge in [0.1, 0.15) is 5.76 Å². The van der Waals surface area contributed by atoms with Gasteiger partial charge in [0, 0.05) is 12.5 Å².